The molecule has 15 heavy (non-hydrogen) atoms. The molecule has 0 unspecified atom stereocenters. The van der Waals surface area contributed by atoms with Gasteiger partial charge in [0.05, 0.1) is 6.42 Å². The third kappa shape index (κ3) is 2.24. The minimum Gasteiger partial charge on any atom is -0.481 e. The van der Waals surface area contributed by atoms with Gasteiger partial charge in [-0.05, 0) is 12.2 Å². The smallest absolute Gasteiger partial charge is 0.308 e. The molecule has 7 heteroatoms. The third-order valence-electron chi connectivity index (χ3n) is 1.89. The monoisotopic (exact) mass is 229 g/mol. The lowest BCUT2D eigenvalue weighted by Gasteiger charge is -2.09. The first-order chi connectivity index (χ1) is 6.97. The maximum atomic E-state index is 11.7. The van der Waals surface area contributed by atoms with E-state index in [1.165, 1.54) is 10.8 Å². The van der Waals surface area contributed by atoms with Gasteiger partial charge >= 0.3 is 5.97 Å². The predicted molar refractivity (Wildman–Crippen MR) is 57.1 cm³/mol. The zero-order valence-corrected chi connectivity index (χ0v) is 9.17. The van der Waals surface area contributed by atoms with Crippen LogP contribution in [0.2, 0.25) is 0 Å². The van der Waals surface area contributed by atoms with E-state index in [4.69, 9.17) is 17.3 Å². The summed E-state index contributed by atoms with van der Waals surface area (Å²) in [6, 6.07) is 0. The van der Waals surface area contributed by atoms with Crippen molar-refractivity contribution in [3.05, 3.63) is 26.9 Å². The van der Waals surface area contributed by atoms with Crippen LogP contribution in [0.5, 0.6) is 0 Å². The molecule has 0 bridgehead atoms. The van der Waals surface area contributed by atoms with Gasteiger partial charge in [0.15, 0.2) is 0 Å². The molecule has 0 aromatic carbocycles. The van der Waals surface area contributed by atoms with Crippen molar-refractivity contribution in [2.75, 3.05) is 12.5 Å². The van der Waals surface area contributed by atoms with Crippen LogP contribution in [0.4, 0.5) is 0 Å². The van der Waals surface area contributed by atoms with Crippen LogP contribution in [0.1, 0.15) is 5.56 Å². The molecule has 6 nitrogen and oxygen atoms in total. The maximum absolute atomic E-state index is 11.7. The van der Waals surface area contributed by atoms with Crippen LogP contribution in [0, 0.1) is 4.77 Å². The molecule has 0 spiro atoms. The number of rotatable bonds is 3. The van der Waals surface area contributed by atoms with Crippen molar-refractivity contribution in [3.63, 3.8) is 0 Å². The Bertz CT molecular complexity index is 503. The number of hydrogen-bond donors (Lipinski definition) is 2. The highest BCUT2D eigenvalue weighted by atomic mass is 32.1. The highest BCUT2D eigenvalue weighted by Crippen LogP contribution is 1.94. The van der Waals surface area contributed by atoms with E-state index in [9.17, 15) is 9.59 Å². The summed E-state index contributed by atoms with van der Waals surface area (Å²) in [5.74, 6) is -1.05. The number of carboxylic acid groups (broad SMARTS) is 1. The highest BCUT2D eigenvalue weighted by molar-refractivity contribution is 7.71. The molecule has 0 radical (unpaired) electrons. The maximum Gasteiger partial charge on any atom is 0.308 e. The van der Waals surface area contributed by atoms with E-state index in [0.717, 1.165) is 4.68 Å². The Morgan fingerprint density at radius 2 is 2.27 bits per heavy atom. The van der Waals surface area contributed by atoms with Gasteiger partial charge in [0.25, 0.3) is 5.56 Å². The number of carbonyl (C=O) groups is 1. The minimum atomic E-state index is -1.05. The summed E-state index contributed by atoms with van der Waals surface area (Å²) in [5.41, 5.74) is 2.36. The lowest BCUT2D eigenvalue weighted by Crippen LogP contribution is -2.33. The molecule has 1 rings (SSSR count). The fraction of sp³-hybridized carbons (Fsp3) is 0.375. The normalized spacial score (nSPS) is 10.0. The van der Waals surface area contributed by atoms with Crippen molar-refractivity contribution in [1.82, 2.24) is 9.24 Å². The Labute approximate surface area is 90.7 Å². The van der Waals surface area contributed by atoms with Crippen LogP contribution in [0.15, 0.2) is 11.0 Å². The first-order valence-corrected chi connectivity index (χ1v) is 4.59. The summed E-state index contributed by atoms with van der Waals surface area (Å²) in [4.78, 5) is 22.2. The summed E-state index contributed by atoms with van der Waals surface area (Å²) in [7, 11) is 3.20. The standard InChI is InChI=1S/C8H11N3O3S/c1-9-11-7(14)5(3-6(12)13)4-10(2)8(11)15/h4,9H,3H2,1-2H3,(H,12,13). The molecule has 0 amide bonds. The second-order valence-electron chi connectivity index (χ2n) is 2.98. The lowest BCUT2D eigenvalue weighted by atomic mass is 10.2. The largest absolute Gasteiger partial charge is 0.481 e. The number of aromatic nitrogens is 2. The zero-order valence-electron chi connectivity index (χ0n) is 8.35. The van der Waals surface area contributed by atoms with Gasteiger partial charge in [-0.15, -0.1) is 0 Å². The molecule has 2 N–H and O–H groups in total. The highest BCUT2D eigenvalue weighted by Gasteiger charge is 2.09. The Balaban J connectivity index is 3.44. The number of carboxylic acids is 1. The van der Waals surface area contributed by atoms with Gasteiger partial charge in [-0.3, -0.25) is 9.59 Å². The van der Waals surface area contributed by atoms with Crippen LogP contribution in [-0.2, 0) is 18.3 Å². The van der Waals surface area contributed by atoms with Crippen molar-refractivity contribution >= 4 is 18.2 Å². The Kier molecular flexibility index (Phi) is 3.25. The van der Waals surface area contributed by atoms with E-state index in [0.29, 0.717) is 0 Å². The van der Waals surface area contributed by atoms with E-state index < -0.39 is 11.5 Å². The molecular weight excluding hydrogens is 218 g/mol. The van der Waals surface area contributed by atoms with Gasteiger partial charge in [0.2, 0.25) is 4.77 Å². The first-order valence-electron chi connectivity index (χ1n) is 4.18. The summed E-state index contributed by atoms with van der Waals surface area (Å²) >= 11 is 4.97. The molecule has 1 aromatic rings. The molecule has 0 aliphatic carbocycles. The molecule has 1 aromatic heterocycles. The molecule has 0 saturated carbocycles. The van der Waals surface area contributed by atoms with Crippen molar-refractivity contribution < 1.29 is 9.90 Å². The Morgan fingerprint density at radius 1 is 1.67 bits per heavy atom. The van der Waals surface area contributed by atoms with Gasteiger partial charge in [-0.25, -0.2) is 0 Å². The van der Waals surface area contributed by atoms with Crippen LogP contribution < -0.4 is 11.0 Å². The summed E-state index contributed by atoms with van der Waals surface area (Å²) in [6.45, 7) is 0. The van der Waals surface area contributed by atoms with Crippen molar-refractivity contribution in [3.8, 4) is 0 Å². The van der Waals surface area contributed by atoms with E-state index in [-0.39, 0.29) is 16.8 Å². The quantitative estimate of drug-likeness (QED) is 0.697. The molecular formula is C8H11N3O3S. The number of aryl methyl sites for hydroxylation is 1. The fourth-order valence-corrected chi connectivity index (χ4v) is 1.44. The zero-order chi connectivity index (χ0) is 11.6. The van der Waals surface area contributed by atoms with Crippen LogP contribution >= 0.6 is 12.2 Å². The van der Waals surface area contributed by atoms with Crippen molar-refractivity contribution in [1.29, 1.82) is 0 Å². The molecule has 0 fully saturated rings. The topological polar surface area (TPSA) is 76.3 Å². The van der Waals surface area contributed by atoms with Crippen LogP contribution in [0.25, 0.3) is 0 Å². The van der Waals surface area contributed by atoms with E-state index in [2.05, 4.69) is 5.43 Å². The Morgan fingerprint density at radius 3 is 2.73 bits per heavy atom. The average molecular weight is 229 g/mol. The first kappa shape index (κ1) is 11.4. The van der Waals surface area contributed by atoms with Gasteiger partial charge in [0, 0.05) is 25.9 Å². The van der Waals surface area contributed by atoms with Crippen molar-refractivity contribution in [2.24, 2.45) is 7.05 Å². The Hall–Kier alpha value is -1.63. The number of hydrogen-bond acceptors (Lipinski definition) is 4. The van der Waals surface area contributed by atoms with Crippen LogP contribution in [-0.4, -0.2) is 27.4 Å². The van der Waals surface area contributed by atoms with Gasteiger partial charge in [-0.2, -0.15) is 4.68 Å². The SMILES string of the molecule is CNn1c(=O)c(CC(=O)O)cn(C)c1=S. The van der Waals surface area contributed by atoms with E-state index in [1.807, 2.05) is 0 Å². The van der Waals surface area contributed by atoms with E-state index >= 15 is 0 Å². The van der Waals surface area contributed by atoms with Gasteiger partial charge in [-0.1, -0.05) is 0 Å². The summed E-state index contributed by atoms with van der Waals surface area (Å²) in [6.07, 6.45) is 1.12. The predicted octanol–water partition coefficient (Wildman–Crippen LogP) is -0.283. The molecule has 1 heterocycles. The second kappa shape index (κ2) is 4.26. The number of nitrogens with one attached hydrogen (secondary N) is 1. The van der Waals surface area contributed by atoms with Crippen LogP contribution in [0.3, 0.4) is 0 Å². The molecule has 82 valence electrons. The second-order valence-corrected chi connectivity index (χ2v) is 3.35. The fourth-order valence-electron chi connectivity index (χ4n) is 1.21. The number of nitrogens with zero attached hydrogens (tertiary/aromatic N) is 2. The number of aliphatic carboxylic acids is 1. The van der Waals surface area contributed by atoms with Gasteiger partial charge < -0.3 is 15.1 Å². The third-order valence-corrected chi connectivity index (χ3v) is 2.36. The molecule has 0 aliphatic heterocycles. The van der Waals surface area contributed by atoms with Gasteiger partial charge in [0.1, 0.15) is 0 Å². The van der Waals surface area contributed by atoms with Crippen molar-refractivity contribution in [2.45, 2.75) is 6.42 Å². The average Bonchev–Trinajstić information content (AvgIpc) is 2.14. The van der Waals surface area contributed by atoms with E-state index in [1.54, 1.807) is 14.1 Å². The summed E-state index contributed by atoms with van der Waals surface area (Å²) in [5, 5.41) is 8.61. The lowest BCUT2D eigenvalue weighted by molar-refractivity contribution is -0.136. The minimum absolute atomic E-state index is 0.188. The molecule has 0 atom stereocenters. The molecule has 0 aliphatic rings. The molecule has 0 saturated heterocycles. The summed E-state index contributed by atoms with van der Waals surface area (Å²) < 4.78 is 2.94.